The van der Waals surface area contributed by atoms with Gasteiger partial charge in [-0.05, 0) is 38.3 Å². The fourth-order valence-corrected chi connectivity index (χ4v) is 2.96. The van der Waals surface area contributed by atoms with Gasteiger partial charge in [0.15, 0.2) is 5.96 Å². The number of hydrogen-bond acceptors (Lipinski definition) is 5. The number of halogens is 1. The molecular weight excluding hydrogens is 483 g/mol. The third-order valence-electron chi connectivity index (χ3n) is 4.50. The largest absolute Gasteiger partial charge is 0.379 e. The number of aryl methyl sites for hydroxylation is 1. The van der Waals surface area contributed by atoms with Crippen LogP contribution in [0.15, 0.2) is 35.7 Å². The van der Waals surface area contributed by atoms with Gasteiger partial charge in [0.2, 0.25) is 0 Å². The van der Waals surface area contributed by atoms with Gasteiger partial charge in [-0.15, -0.1) is 24.0 Å². The lowest BCUT2D eigenvalue weighted by Gasteiger charge is -2.13. The van der Waals surface area contributed by atoms with E-state index in [1.54, 1.807) is 6.20 Å². The van der Waals surface area contributed by atoms with E-state index in [0.29, 0.717) is 6.54 Å². The van der Waals surface area contributed by atoms with Crippen LogP contribution < -0.4 is 10.6 Å². The highest BCUT2D eigenvalue weighted by molar-refractivity contribution is 14.0. The van der Waals surface area contributed by atoms with Gasteiger partial charge in [0.05, 0.1) is 19.3 Å². The summed E-state index contributed by atoms with van der Waals surface area (Å²) in [5, 5.41) is 6.62. The molecule has 0 saturated carbocycles. The van der Waals surface area contributed by atoms with Crippen molar-refractivity contribution in [2.24, 2.45) is 4.99 Å². The second kappa shape index (κ2) is 12.8. The summed E-state index contributed by atoms with van der Waals surface area (Å²) in [4.78, 5) is 13.4. The average molecular weight is 514 g/mol. The molecule has 0 aromatic carbocycles. The van der Waals surface area contributed by atoms with Crippen molar-refractivity contribution in [3.63, 3.8) is 0 Å². The monoisotopic (exact) mass is 514 g/mol. The SMILES string of the molecule is CCNC(=NCc1ccc(-n2ccnc2C)nc1)NCCCOC1CCOC1.I. The number of hydrogen-bond donors (Lipinski definition) is 2. The Morgan fingerprint density at radius 2 is 2.24 bits per heavy atom. The van der Waals surface area contributed by atoms with Crippen LogP contribution in [-0.4, -0.2) is 59.5 Å². The molecule has 2 aromatic rings. The van der Waals surface area contributed by atoms with Gasteiger partial charge in [-0.3, -0.25) is 4.57 Å². The summed E-state index contributed by atoms with van der Waals surface area (Å²) in [5.41, 5.74) is 1.06. The van der Waals surface area contributed by atoms with E-state index in [-0.39, 0.29) is 30.1 Å². The maximum atomic E-state index is 5.78. The molecule has 0 spiro atoms. The highest BCUT2D eigenvalue weighted by atomic mass is 127. The van der Waals surface area contributed by atoms with Crippen molar-refractivity contribution in [3.05, 3.63) is 42.1 Å². The zero-order chi connectivity index (χ0) is 19.6. The van der Waals surface area contributed by atoms with Crippen LogP contribution in [0.4, 0.5) is 0 Å². The van der Waals surface area contributed by atoms with Crippen molar-refractivity contribution in [2.45, 2.75) is 39.3 Å². The fraction of sp³-hybridized carbons (Fsp3) is 0.550. The first kappa shape index (κ1) is 23.6. The molecule has 1 aliphatic heterocycles. The Hall–Kier alpha value is -1.72. The Kier molecular flexibility index (Phi) is 10.4. The molecule has 1 unspecified atom stereocenters. The number of rotatable bonds is 9. The normalized spacial score (nSPS) is 16.5. The summed E-state index contributed by atoms with van der Waals surface area (Å²) in [6.45, 7) is 8.50. The summed E-state index contributed by atoms with van der Waals surface area (Å²) >= 11 is 0. The number of pyridine rings is 1. The van der Waals surface area contributed by atoms with Crippen molar-refractivity contribution in [2.75, 3.05) is 32.9 Å². The summed E-state index contributed by atoms with van der Waals surface area (Å²) < 4.78 is 13.1. The standard InChI is InChI=1S/C20H30N6O2.HI/c1-3-21-20(23-8-4-11-28-18-7-12-27-15-18)25-14-17-5-6-19(24-13-17)26-10-9-22-16(26)2;/h5-6,9-10,13,18H,3-4,7-8,11-12,14-15H2,1-2H3,(H2,21,23,25);1H. The first-order valence-electron chi connectivity index (χ1n) is 9.93. The van der Waals surface area contributed by atoms with Crippen LogP contribution in [0.25, 0.3) is 5.82 Å². The van der Waals surface area contributed by atoms with Crippen LogP contribution in [0.5, 0.6) is 0 Å². The third kappa shape index (κ3) is 7.56. The smallest absolute Gasteiger partial charge is 0.191 e. The number of nitrogens with zero attached hydrogens (tertiary/aromatic N) is 4. The van der Waals surface area contributed by atoms with Gasteiger partial charge in [0.1, 0.15) is 11.6 Å². The molecule has 3 heterocycles. The van der Waals surface area contributed by atoms with Crippen molar-refractivity contribution in [1.82, 2.24) is 25.2 Å². The molecule has 1 saturated heterocycles. The quantitative estimate of drug-likeness (QED) is 0.232. The molecule has 2 N–H and O–H groups in total. The van der Waals surface area contributed by atoms with Crippen molar-refractivity contribution in [3.8, 4) is 5.82 Å². The molecule has 1 fully saturated rings. The van der Waals surface area contributed by atoms with Gasteiger partial charge < -0.3 is 20.1 Å². The van der Waals surface area contributed by atoms with Crippen LogP contribution in [-0.2, 0) is 16.0 Å². The van der Waals surface area contributed by atoms with Crippen molar-refractivity contribution in [1.29, 1.82) is 0 Å². The zero-order valence-electron chi connectivity index (χ0n) is 17.1. The zero-order valence-corrected chi connectivity index (χ0v) is 19.5. The summed E-state index contributed by atoms with van der Waals surface area (Å²) in [5.74, 6) is 2.59. The predicted octanol–water partition coefficient (Wildman–Crippen LogP) is 2.44. The molecule has 160 valence electrons. The molecule has 0 radical (unpaired) electrons. The second-order valence-electron chi connectivity index (χ2n) is 6.70. The lowest BCUT2D eigenvalue weighted by molar-refractivity contribution is 0.0420. The molecule has 3 rings (SSSR count). The van der Waals surface area contributed by atoms with Crippen LogP contribution in [0.1, 0.15) is 31.2 Å². The van der Waals surface area contributed by atoms with Gasteiger partial charge in [-0.25, -0.2) is 15.0 Å². The van der Waals surface area contributed by atoms with Crippen LogP contribution in [0.3, 0.4) is 0 Å². The first-order chi connectivity index (χ1) is 13.8. The molecule has 29 heavy (non-hydrogen) atoms. The minimum Gasteiger partial charge on any atom is -0.379 e. The van der Waals surface area contributed by atoms with E-state index >= 15 is 0 Å². The number of nitrogens with one attached hydrogen (secondary N) is 2. The first-order valence-corrected chi connectivity index (χ1v) is 9.93. The molecule has 0 aliphatic carbocycles. The molecule has 0 bridgehead atoms. The summed E-state index contributed by atoms with van der Waals surface area (Å²) in [6.07, 6.45) is 7.75. The number of aliphatic imine (C=N–C) groups is 1. The highest BCUT2D eigenvalue weighted by Crippen LogP contribution is 2.09. The van der Waals surface area contributed by atoms with Crippen LogP contribution in [0, 0.1) is 6.92 Å². The maximum Gasteiger partial charge on any atom is 0.191 e. The highest BCUT2D eigenvalue weighted by Gasteiger charge is 2.15. The lowest BCUT2D eigenvalue weighted by atomic mass is 10.3. The van der Waals surface area contributed by atoms with Gasteiger partial charge in [0.25, 0.3) is 0 Å². The van der Waals surface area contributed by atoms with Crippen LogP contribution >= 0.6 is 24.0 Å². The molecule has 8 nitrogen and oxygen atoms in total. The van der Waals surface area contributed by atoms with Crippen LogP contribution in [0.2, 0.25) is 0 Å². The molecule has 0 amide bonds. The fourth-order valence-electron chi connectivity index (χ4n) is 2.96. The van der Waals surface area contributed by atoms with Gasteiger partial charge in [-0.2, -0.15) is 0 Å². The van der Waals surface area contributed by atoms with E-state index in [4.69, 9.17) is 9.47 Å². The van der Waals surface area contributed by atoms with E-state index < -0.39 is 0 Å². The maximum absolute atomic E-state index is 5.78. The van der Waals surface area contributed by atoms with Gasteiger partial charge >= 0.3 is 0 Å². The molecule has 2 aromatic heterocycles. The van der Waals surface area contributed by atoms with E-state index in [9.17, 15) is 0 Å². The number of ether oxygens (including phenoxy) is 2. The van der Waals surface area contributed by atoms with E-state index in [1.165, 1.54) is 0 Å². The summed E-state index contributed by atoms with van der Waals surface area (Å²) in [7, 11) is 0. The summed E-state index contributed by atoms with van der Waals surface area (Å²) in [6, 6.07) is 4.04. The predicted molar refractivity (Wildman–Crippen MR) is 124 cm³/mol. The Morgan fingerprint density at radius 3 is 2.90 bits per heavy atom. The van der Waals surface area contributed by atoms with E-state index in [2.05, 4.69) is 32.5 Å². The number of aromatic nitrogens is 3. The minimum absolute atomic E-state index is 0. The minimum atomic E-state index is 0. The molecule has 1 aliphatic rings. The Labute approximate surface area is 189 Å². The van der Waals surface area contributed by atoms with E-state index in [0.717, 1.165) is 68.9 Å². The number of imidazole rings is 1. The third-order valence-corrected chi connectivity index (χ3v) is 4.50. The molecule has 9 heteroatoms. The molecule has 1 atom stereocenters. The Bertz CT molecular complexity index is 744. The van der Waals surface area contributed by atoms with Crippen molar-refractivity contribution < 1.29 is 9.47 Å². The molecular formula is C20H31IN6O2. The average Bonchev–Trinajstić information content (AvgIpc) is 3.38. The van der Waals surface area contributed by atoms with Gasteiger partial charge in [-0.1, -0.05) is 6.07 Å². The second-order valence-corrected chi connectivity index (χ2v) is 6.70. The van der Waals surface area contributed by atoms with Gasteiger partial charge in [0, 0.05) is 44.9 Å². The number of guanidine groups is 1. The Balaban J connectivity index is 0.00000300. The van der Waals surface area contributed by atoms with Crippen molar-refractivity contribution >= 4 is 29.9 Å². The Morgan fingerprint density at radius 1 is 1.34 bits per heavy atom. The topological polar surface area (TPSA) is 85.6 Å². The van der Waals surface area contributed by atoms with E-state index in [1.807, 2.05) is 36.0 Å². The lowest BCUT2D eigenvalue weighted by Crippen LogP contribution is -2.38.